The van der Waals surface area contributed by atoms with Gasteiger partial charge < -0.3 is 11.1 Å². The maximum Gasteiger partial charge on any atom is 0.330 e. The summed E-state index contributed by atoms with van der Waals surface area (Å²) in [7, 11) is 0. The Morgan fingerprint density at radius 1 is 1.25 bits per heavy atom. The summed E-state index contributed by atoms with van der Waals surface area (Å²) in [5.41, 5.74) is 5.02. The lowest BCUT2D eigenvalue weighted by Gasteiger charge is -2.20. The Kier molecular flexibility index (Phi) is 5.07. The van der Waals surface area contributed by atoms with Crippen LogP contribution in [0.15, 0.2) is 22.3 Å². The second-order valence-electron chi connectivity index (χ2n) is 7.32. The number of thiophene rings is 1. The van der Waals surface area contributed by atoms with Crippen LogP contribution in [0.2, 0.25) is 0 Å². The number of carbonyl (C=O) groups excluding carboxylic acids is 2. The summed E-state index contributed by atoms with van der Waals surface area (Å²) in [5, 5.41) is 4.67. The number of carbonyl (C=O) groups is 2. The summed E-state index contributed by atoms with van der Waals surface area (Å²) in [5.74, 6) is -0.833. The topological polar surface area (TPSA) is 125 Å². The number of amides is 2. The van der Waals surface area contributed by atoms with E-state index < -0.39 is 17.1 Å². The van der Waals surface area contributed by atoms with E-state index in [0.717, 1.165) is 4.88 Å². The minimum Gasteiger partial charge on any atom is -0.364 e. The molecule has 0 saturated carbocycles. The summed E-state index contributed by atoms with van der Waals surface area (Å²) in [6.45, 7) is 7.37. The van der Waals surface area contributed by atoms with Crippen molar-refractivity contribution in [2.75, 3.05) is 0 Å². The van der Waals surface area contributed by atoms with E-state index in [1.54, 1.807) is 6.92 Å². The Morgan fingerprint density at radius 2 is 1.96 bits per heavy atom. The Morgan fingerprint density at radius 3 is 2.50 bits per heavy atom. The van der Waals surface area contributed by atoms with Crippen molar-refractivity contribution in [1.82, 2.24) is 24.4 Å². The lowest BCUT2D eigenvalue weighted by Crippen LogP contribution is -2.43. The Labute approximate surface area is 165 Å². The number of nitrogens with two attached hydrogens (primary N) is 1. The van der Waals surface area contributed by atoms with E-state index in [2.05, 4.69) is 15.3 Å². The van der Waals surface area contributed by atoms with E-state index in [0.29, 0.717) is 12.4 Å². The summed E-state index contributed by atoms with van der Waals surface area (Å²) < 4.78 is 2.61. The third-order valence-electron chi connectivity index (χ3n) is 3.96. The molecule has 3 heterocycles. The Hall–Kier alpha value is -3.01. The number of nitrogens with zero attached hydrogens (tertiary/aromatic N) is 4. The number of rotatable bonds is 5. The van der Waals surface area contributed by atoms with Crippen LogP contribution < -0.4 is 16.7 Å². The molecule has 0 unspecified atom stereocenters. The Bertz CT molecular complexity index is 1110. The zero-order valence-corrected chi connectivity index (χ0v) is 17.0. The average molecular weight is 402 g/mol. The number of hydrogen-bond acceptors (Lipinski definition) is 6. The quantitative estimate of drug-likeness (QED) is 0.666. The van der Waals surface area contributed by atoms with Crippen LogP contribution in [0.4, 0.5) is 0 Å². The largest absolute Gasteiger partial charge is 0.364 e. The normalized spacial score (nSPS) is 11.7. The molecule has 0 aromatic carbocycles. The van der Waals surface area contributed by atoms with E-state index in [1.165, 1.54) is 20.5 Å². The van der Waals surface area contributed by atoms with Crippen LogP contribution in [0.1, 0.15) is 38.2 Å². The van der Waals surface area contributed by atoms with Gasteiger partial charge in [0, 0.05) is 12.1 Å². The number of aromatic nitrogens is 4. The van der Waals surface area contributed by atoms with Crippen LogP contribution >= 0.6 is 11.3 Å². The summed E-state index contributed by atoms with van der Waals surface area (Å²) >= 11 is 1.41. The molecule has 148 valence electrons. The van der Waals surface area contributed by atoms with Gasteiger partial charge in [-0.15, -0.1) is 11.3 Å². The SMILES string of the molecule is CCn1c(=O)n(CC(=O)NC(C)(C)C)c2c(C(N)=O)nc(-c3cccs3)nc21. The standard InChI is InChI=1S/C18H22N6O3S/c1-5-23-16-13(24(17(23)27)9-11(25)22-18(2,3)4)12(14(19)26)20-15(21-16)10-7-6-8-28-10/h6-8H,5,9H2,1-4H3,(H2,19,26)(H,22,25). The van der Waals surface area contributed by atoms with Crippen molar-refractivity contribution in [3.63, 3.8) is 0 Å². The number of imidazole rings is 1. The predicted molar refractivity (Wildman–Crippen MR) is 107 cm³/mol. The molecule has 0 saturated heterocycles. The van der Waals surface area contributed by atoms with Crippen LogP contribution in [0, 0.1) is 0 Å². The zero-order chi connectivity index (χ0) is 20.6. The van der Waals surface area contributed by atoms with Gasteiger partial charge in [0.2, 0.25) is 5.91 Å². The maximum absolute atomic E-state index is 12.9. The number of fused-ring (bicyclic) bond motifs is 1. The van der Waals surface area contributed by atoms with Gasteiger partial charge in [0.15, 0.2) is 17.2 Å². The molecular weight excluding hydrogens is 380 g/mol. The van der Waals surface area contributed by atoms with Crippen LogP contribution in [0.5, 0.6) is 0 Å². The van der Waals surface area contributed by atoms with Gasteiger partial charge in [-0.2, -0.15) is 0 Å². The van der Waals surface area contributed by atoms with Crippen molar-refractivity contribution in [3.05, 3.63) is 33.7 Å². The molecule has 0 atom stereocenters. The smallest absolute Gasteiger partial charge is 0.330 e. The second-order valence-corrected chi connectivity index (χ2v) is 8.27. The zero-order valence-electron chi connectivity index (χ0n) is 16.1. The molecule has 2 amide bonds. The minimum absolute atomic E-state index is 0.0822. The highest BCUT2D eigenvalue weighted by molar-refractivity contribution is 7.13. The van der Waals surface area contributed by atoms with Gasteiger partial charge in [0.05, 0.1) is 4.88 Å². The maximum atomic E-state index is 12.9. The fraction of sp³-hybridized carbons (Fsp3) is 0.389. The molecular formula is C18H22N6O3S. The molecule has 3 aromatic heterocycles. The van der Waals surface area contributed by atoms with Gasteiger partial charge in [-0.3, -0.25) is 18.7 Å². The van der Waals surface area contributed by atoms with Crippen molar-refractivity contribution < 1.29 is 9.59 Å². The highest BCUT2D eigenvalue weighted by Crippen LogP contribution is 2.25. The van der Waals surface area contributed by atoms with Gasteiger partial charge >= 0.3 is 5.69 Å². The van der Waals surface area contributed by atoms with Crippen molar-refractivity contribution in [2.45, 2.75) is 46.3 Å². The van der Waals surface area contributed by atoms with E-state index in [4.69, 9.17) is 5.73 Å². The highest BCUT2D eigenvalue weighted by Gasteiger charge is 2.25. The van der Waals surface area contributed by atoms with E-state index in [9.17, 15) is 14.4 Å². The number of hydrogen-bond donors (Lipinski definition) is 2. The van der Waals surface area contributed by atoms with Crippen molar-refractivity contribution >= 4 is 34.3 Å². The molecule has 3 N–H and O–H groups in total. The molecule has 0 aliphatic carbocycles. The third-order valence-corrected chi connectivity index (χ3v) is 4.83. The van der Waals surface area contributed by atoms with Crippen LogP contribution in [0.25, 0.3) is 21.9 Å². The van der Waals surface area contributed by atoms with Crippen molar-refractivity contribution in [2.24, 2.45) is 5.73 Å². The first-order valence-electron chi connectivity index (χ1n) is 8.78. The number of nitrogens with one attached hydrogen (secondary N) is 1. The van der Waals surface area contributed by atoms with E-state index in [1.807, 2.05) is 38.3 Å². The third kappa shape index (κ3) is 3.68. The molecule has 0 aliphatic heterocycles. The molecule has 28 heavy (non-hydrogen) atoms. The molecule has 9 nitrogen and oxygen atoms in total. The monoisotopic (exact) mass is 402 g/mol. The van der Waals surface area contributed by atoms with Crippen LogP contribution in [0.3, 0.4) is 0 Å². The molecule has 0 spiro atoms. The fourth-order valence-electron chi connectivity index (χ4n) is 2.93. The first-order chi connectivity index (χ1) is 13.1. The molecule has 0 bridgehead atoms. The molecule has 3 rings (SSSR count). The van der Waals surface area contributed by atoms with E-state index >= 15 is 0 Å². The van der Waals surface area contributed by atoms with Crippen LogP contribution in [-0.4, -0.2) is 36.5 Å². The van der Waals surface area contributed by atoms with Gasteiger partial charge in [-0.05, 0) is 39.1 Å². The fourth-order valence-corrected chi connectivity index (χ4v) is 3.59. The van der Waals surface area contributed by atoms with E-state index in [-0.39, 0.29) is 29.3 Å². The van der Waals surface area contributed by atoms with Gasteiger partial charge in [0.25, 0.3) is 5.91 Å². The average Bonchev–Trinajstić information content (AvgIpc) is 3.20. The highest BCUT2D eigenvalue weighted by atomic mass is 32.1. The van der Waals surface area contributed by atoms with Gasteiger partial charge in [0.1, 0.15) is 12.1 Å². The minimum atomic E-state index is -0.788. The lowest BCUT2D eigenvalue weighted by atomic mass is 10.1. The van der Waals surface area contributed by atoms with Crippen molar-refractivity contribution in [3.8, 4) is 10.7 Å². The predicted octanol–water partition coefficient (Wildman–Crippen LogP) is 1.35. The van der Waals surface area contributed by atoms with Crippen LogP contribution in [-0.2, 0) is 17.9 Å². The first kappa shape index (κ1) is 19.7. The lowest BCUT2D eigenvalue weighted by molar-refractivity contribution is -0.123. The number of primary amides is 1. The number of aryl methyl sites for hydroxylation is 1. The summed E-state index contributed by atoms with van der Waals surface area (Å²) in [6.07, 6.45) is 0. The summed E-state index contributed by atoms with van der Waals surface area (Å²) in [6, 6.07) is 3.66. The molecule has 3 aromatic rings. The summed E-state index contributed by atoms with van der Waals surface area (Å²) in [4.78, 5) is 47.0. The van der Waals surface area contributed by atoms with Crippen molar-refractivity contribution in [1.29, 1.82) is 0 Å². The molecule has 0 aliphatic rings. The Balaban J connectivity index is 2.25. The van der Waals surface area contributed by atoms with Gasteiger partial charge in [-0.25, -0.2) is 14.8 Å². The second kappa shape index (κ2) is 7.19. The van der Waals surface area contributed by atoms with Gasteiger partial charge in [-0.1, -0.05) is 6.07 Å². The molecule has 0 radical (unpaired) electrons. The molecule has 0 fully saturated rings. The first-order valence-corrected chi connectivity index (χ1v) is 9.66. The molecule has 10 heteroatoms.